The summed E-state index contributed by atoms with van der Waals surface area (Å²) in [5.74, 6) is 0. The maximum atomic E-state index is 11.7. The van der Waals surface area contributed by atoms with Gasteiger partial charge in [-0.05, 0) is 38.1 Å². The van der Waals surface area contributed by atoms with Gasteiger partial charge in [0.1, 0.15) is 0 Å². The van der Waals surface area contributed by atoms with Gasteiger partial charge in [-0.25, -0.2) is 16.8 Å². The third-order valence-electron chi connectivity index (χ3n) is 2.20. The highest BCUT2D eigenvalue weighted by Gasteiger charge is 2.19. The van der Waals surface area contributed by atoms with Crippen molar-refractivity contribution in [2.24, 2.45) is 0 Å². The fraction of sp³-hybridized carbons (Fsp3) is 0.400. The second-order valence-corrected chi connectivity index (χ2v) is 8.36. The predicted octanol–water partition coefficient (Wildman–Crippen LogP) is 1.27. The first-order valence-corrected chi connectivity index (χ1v) is 8.13. The minimum Gasteiger partial charge on any atom is -0.224 e. The van der Waals surface area contributed by atoms with Crippen LogP contribution in [-0.4, -0.2) is 28.3 Å². The van der Waals surface area contributed by atoms with E-state index in [1.165, 1.54) is 24.3 Å². The Hall–Kier alpha value is -0.880. The molecule has 0 saturated heterocycles. The molecule has 0 aromatic heterocycles. The molecule has 1 rings (SSSR count). The summed E-state index contributed by atoms with van der Waals surface area (Å²) in [7, 11) is -6.61. The van der Waals surface area contributed by atoms with Gasteiger partial charge >= 0.3 is 0 Å². The molecule has 0 bridgehead atoms. The predicted molar refractivity (Wildman–Crippen MR) is 61.9 cm³/mol. The molecule has 0 spiro atoms. The number of hydrogen-bond acceptors (Lipinski definition) is 4. The van der Waals surface area contributed by atoms with Crippen molar-refractivity contribution in [3.63, 3.8) is 0 Å². The van der Waals surface area contributed by atoms with E-state index in [0.717, 1.165) is 6.26 Å². The van der Waals surface area contributed by atoms with Crippen molar-refractivity contribution in [2.45, 2.75) is 28.9 Å². The molecule has 0 aliphatic carbocycles. The normalized spacial score (nSPS) is 13.0. The van der Waals surface area contributed by atoms with Crippen LogP contribution in [-0.2, 0) is 19.7 Å². The van der Waals surface area contributed by atoms with Crippen molar-refractivity contribution in [1.82, 2.24) is 0 Å². The first-order valence-electron chi connectivity index (χ1n) is 4.69. The third-order valence-corrected chi connectivity index (χ3v) is 5.50. The van der Waals surface area contributed by atoms with Crippen molar-refractivity contribution in [2.75, 3.05) is 6.26 Å². The second-order valence-electron chi connectivity index (χ2n) is 3.84. The van der Waals surface area contributed by atoms with Crippen molar-refractivity contribution in [1.29, 1.82) is 0 Å². The Bertz CT molecular complexity index is 566. The van der Waals surface area contributed by atoms with Gasteiger partial charge in [0.2, 0.25) is 0 Å². The van der Waals surface area contributed by atoms with E-state index in [9.17, 15) is 16.8 Å². The van der Waals surface area contributed by atoms with E-state index in [4.69, 9.17) is 0 Å². The van der Waals surface area contributed by atoms with Gasteiger partial charge < -0.3 is 0 Å². The summed E-state index contributed by atoms with van der Waals surface area (Å²) in [6, 6.07) is 5.27. The van der Waals surface area contributed by atoms with Crippen LogP contribution in [0.25, 0.3) is 0 Å². The molecular formula is C10H14O4S2. The molecule has 0 saturated carbocycles. The van der Waals surface area contributed by atoms with Gasteiger partial charge in [-0.3, -0.25) is 0 Å². The summed E-state index contributed by atoms with van der Waals surface area (Å²) < 4.78 is 45.8. The smallest absolute Gasteiger partial charge is 0.180 e. The third kappa shape index (κ3) is 2.62. The Balaban J connectivity index is 3.25. The van der Waals surface area contributed by atoms with Gasteiger partial charge in [0.05, 0.1) is 15.0 Å². The number of benzene rings is 1. The molecule has 90 valence electrons. The van der Waals surface area contributed by atoms with Gasteiger partial charge in [0.25, 0.3) is 0 Å². The topological polar surface area (TPSA) is 68.3 Å². The van der Waals surface area contributed by atoms with Crippen LogP contribution in [0.5, 0.6) is 0 Å². The Morgan fingerprint density at radius 3 is 1.56 bits per heavy atom. The van der Waals surface area contributed by atoms with Crippen molar-refractivity contribution in [3.8, 4) is 0 Å². The highest BCUT2D eigenvalue weighted by molar-refractivity contribution is 7.92. The quantitative estimate of drug-likeness (QED) is 0.822. The number of sulfone groups is 2. The number of rotatable bonds is 3. The van der Waals surface area contributed by atoms with Gasteiger partial charge in [-0.1, -0.05) is 0 Å². The van der Waals surface area contributed by atoms with E-state index in [1.807, 2.05) is 0 Å². The molecule has 0 aliphatic rings. The van der Waals surface area contributed by atoms with E-state index < -0.39 is 24.9 Å². The van der Waals surface area contributed by atoms with E-state index in [1.54, 1.807) is 13.8 Å². The fourth-order valence-electron chi connectivity index (χ4n) is 1.15. The van der Waals surface area contributed by atoms with Crippen LogP contribution in [0.1, 0.15) is 13.8 Å². The van der Waals surface area contributed by atoms with E-state index >= 15 is 0 Å². The molecule has 0 N–H and O–H groups in total. The second kappa shape index (κ2) is 4.18. The summed E-state index contributed by atoms with van der Waals surface area (Å²) in [5.41, 5.74) is 0. The van der Waals surface area contributed by atoms with Crippen LogP contribution in [0.4, 0.5) is 0 Å². The molecule has 6 heteroatoms. The van der Waals surface area contributed by atoms with E-state index in [0.29, 0.717) is 0 Å². The Morgan fingerprint density at radius 2 is 1.25 bits per heavy atom. The Morgan fingerprint density at radius 1 is 0.875 bits per heavy atom. The Kier molecular flexibility index (Phi) is 3.44. The van der Waals surface area contributed by atoms with Crippen LogP contribution in [0.3, 0.4) is 0 Å². The lowest BCUT2D eigenvalue weighted by molar-refractivity contribution is 0.586. The zero-order chi connectivity index (χ0) is 12.6. The van der Waals surface area contributed by atoms with Gasteiger partial charge in [-0.2, -0.15) is 0 Å². The lowest BCUT2D eigenvalue weighted by atomic mass is 10.4. The molecular weight excluding hydrogens is 248 g/mol. The lowest BCUT2D eigenvalue weighted by Crippen LogP contribution is -2.14. The summed E-state index contributed by atoms with van der Waals surface area (Å²) in [4.78, 5) is 0.269. The summed E-state index contributed by atoms with van der Waals surface area (Å²) in [6.07, 6.45) is 1.08. The minimum absolute atomic E-state index is 0.121. The van der Waals surface area contributed by atoms with Crippen LogP contribution in [0.15, 0.2) is 34.1 Å². The lowest BCUT2D eigenvalue weighted by Gasteiger charge is -2.07. The van der Waals surface area contributed by atoms with Crippen molar-refractivity contribution in [3.05, 3.63) is 24.3 Å². The summed E-state index contributed by atoms with van der Waals surface area (Å²) in [6.45, 7) is 3.17. The van der Waals surface area contributed by atoms with Crippen LogP contribution in [0.2, 0.25) is 0 Å². The largest absolute Gasteiger partial charge is 0.224 e. The molecule has 0 fully saturated rings. The van der Waals surface area contributed by atoms with Gasteiger partial charge in [0.15, 0.2) is 19.7 Å². The zero-order valence-electron chi connectivity index (χ0n) is 9.34. The van der Waals surface area contributed by atoms with E-state index in [2.05, 4.69) is 0 Å². The molecule has 16 heavy (non-hydrogen) atoms. The molecule has 0 atom stereocenters. The summed E-state index contributed by atoms with van der Waals surface area (Å²) >= 11 is 0. The fourth-order valence-corrected chi connectivity index (χ4v) is 2.84. The molecule has 0 radical (unpaired) electrons. The zero-order valence-corrected chi connectivity index (χ0v) is 11.0. The molecule has 1 aromatic rings. The standard InChI is InChI=1S/C10H14O4S2/c1-8(2)16(13,14)10-6-4-9(5-7-10)15(3,11)12/h4-8H,1-3H3. The molecule has 0 unspecified atom stereocenters. The SMILES string of the molecule is CC(C)S(=O)(=O)c1ccc(S(C)(=O)=O)cc1. The van der Waals surface area contributed by atoms with Crippen molar-refractivity contribution >= 4 is 19.7 Å². The van der Waals surface area contributed by atoms with Gasteiger partial charge in [-0.15, -0.1) is 0 Å². The average Bonchev–Trinajstić information content (AvgIpc) is 2.16. The Labute approximate surface area is 96.1 Å². The molecule has 0 aliphatic heterocycles. The minimum atomic E-state index is -3.33. The van der Waals surface area contributed by atoms with Gasteiger partial charge in [0, 0.05) is 6.26 Å². The average molecular weight is 262 g/mol. The maximum Gasteiger partial charge on any atom is 0.180 e. The van der Waals surface area contributed by atoms with Crippen LogP contribution in [0, 0.1) is 0 Å². The maximum absolute atomic E-state index is 11.7. The molecule has 0 amide bonds. The van der Waals surface area contributed by atoms with E-state index in [-0.39, 0.29) is 9.79 Å². The molecule has 1 aromatic carbocycles. The van der Waals surface area contributed by atoms with Crippen LogP contribution >= 0.6 is 0 Å². The van der Waals surface area contributed by atoms with Crippen LogP contribution < -0.4 is 0 Å². The monoisotopic (exact) mass is 262 g/mol. The summed E-state index contributed by atoms with van der Waals surface area (Å²) in [5, 5.41) is -0.517. The highest BCUT2D eigenvalue weighted by Crippen LogP contribution is 2.18. The first-order chi connectivity index (χ1) is 7.15. The number of hydrogen-bond donors (Lipinski definition) is 0. The highest BCUT2D eigenvalue weighted by atomic mass is 32.2. The first kappa shape index (κ1) is 13.2. The molecule has 4 nitrogen and oxygen atoms in total. The molecule has 0 heterocycles. The van der Waals surface area contributed by atoms with Crippen molar-refractivity contribution < 1.29 is 16.8 Å².